The number of thiazole rings is 1. The van der Waals surface area contributed by atoms with Gasteiger partial charge in [0.15, 0.2) is 5.13 Å². The van der Waals surface area contributed by atoms with E-state index >= 15 is 0 Å². The summed E-state index contributed by atoms with van der Waals surface area (Å²) in [6, 6.07) is 2.28. The van der Waals surface area contributed by atoms with Crippen LogP contribution in [0.5, 0.6) is 0 Å². The van der Waals surface area contributed by atoms with Crippen molar-refractivity contribution in [1.82, 2.24) is 9.88 Å². The van der Waals surface area contributed by atoms with Crippen LogP contribution < -0.4 is 10.0 Å². The molecule has 1 aromatic carbocycles. The van der Waals surface area contributed by atoms with Crippen molar-refractivity contribution in [2.45, 2.75) is 34.2 Å². The molecule has 0 saturated heterocycles. The number of rotatable bonds is 6. The molecule has 2 saturated carbocycles. The van der Waals surface area contributed by atoms with Gasteiger partial charge in [-0.3, -0.25) is 4.72 Å². The lowest BCUT2D eigenvalue weighted by Crippen LogP contribution is -2.46. The summed E-state index contributed by atoms with van der Waals surface area (Å²) in [5.74, 6) is -0.500. The molecule has 1 aromatic heterocycles. The van der Waals surface area contributed by atoms with Crippen molar-refractivity contribution in [2.24, 2.45) is 11.8 Å². The number of likely N-dealkylation sites (N-methyl/N-ethyl adjacent to an activating group) is 1. The van der Waals surface area contributed by atoms with Crippen molar-refractivity contribution in [1.29, 1.82) is 0 Å². The first-order chi connectivity index (χ1) is 14.0. The van der Waals surface area contributed by atoms with Crippen LogP contribution in [0.4, 0.5) is 15.2 Å². The minimum atomic E-state index is -4.16. The standard InChI is InChI=1S/C18H20Cl3FN4O2S2/c1-26(2)15-6-10-9(18(10,20)21)5-14(15)24-13-8-12(22)16(7-11(13)19)30(27,28)25-17-23-3-4-29-17/h3-4,7-10,14-15,24H,5-6H2,1-2H3,(H,23,25)/t9-,10+,14-,15-/m0/s1. The van der Waals surface area contributed by atoms with E-state index in [9.17, 15) is 12.8 Å². The maximum Gasteiger partial charge on any atom is 0.266 e. The Hall–Kier alpha value is -0.840. The number of hydrogen-bond acceptors (Lipinski definition) is 6. The largest absolute Gasteiger partial charge is 0.379 e. The van der Waals surface area contributed by atoms with Crippen LogP contribution in [-0.4, -0.2) is 48.8 Å². The summed E-state index contributed by atoms with van der Waals surface area (Å²) in [6.07, 6.45) is 2.97. The maximum absolute atomic E-state index is 14.8. The number of nitrogens with one attached hydrogen (secondary N) is 2. The predicted molar refractivity (Wildman–Crippen MR) is 120 cm³/mol. The van der Waals surface area contributed by atoms with E-state index in [1.54, 1.807) is 5.38 Å². The molecule has 0 bridgehead atoms. The Labute approximate surface area is 193 Å². The van der Waals surface area contributed by atoms with Gasteiger partial charge in [-0.25, -0.2) is 17.8 Å². The van der Waals surface area contributed by atoms with Gasteiger partial charge < -0.3 is 10.2 Å². The first-order valence-corrected chi connectivity index (χ1v) is 12.7. The highest BCUT2D eigenvalue weighted by molar-refractivity contribution is 7.93. The number of anilines is 2. The summed E-state index contributed by atoms with van der Waals surface area (Å²) in [5, 5.41) is 5.15. The van der Waals surface area contributed by atoms with Gasteiger partial charge in [-0.15, -0.1) is 34.5 Å². The molecule has 2 aliphatic carbocycles. The third kappa shape index (κ3) is 4.12. The van der Waals surface area contributed by atoms with E-state index in [1.165, 1.54) is 6.20 Å². The van der Waals surface area contributed by atoms with Crippen LogP contribution in [0.15, 0.2) is 28.6 Å². The number of aromatic nitrogens is 1. The normalized spacial score (nSPS) is 27.6. The van der Waals surface area contributed by atoms with E-state index in [2.05, 4.69) is 19.9 Å². The molecule has 0 unspecified atom stereocenters. The van der Waals surface area contributed by atoms with Crippen LogP contribution in [0, 0.1) is 17.7 Å². The van der Waals surface area contributed by atoms with Crippen LogP contribution in [0.1, 0.15) is 12.8 Å². The van der Waals surface area contributed by atoms with Crippen molar-refractivity contribution < 1.29 is 12.8 Å². The Morgan fingerprint density at radius 2 is 1.97 bits per heavy atom. The number of sulfonamides is 1. The average molecular weight is 514 g/mol. The molecular formula is C18H20Cl3FN4O2S2. The SMILES string of the molecule is CN(C)[C@H]1C[C@@H]2[C@H](C[C@@H]1Nc1cc(F)c(S(=O)(=O)Nc3nccs3)cc1Cl)C2(Cl)Cl. The third-order valence-corrected chi connectivity index (χ3v) is 9.41. The molecule has 2 aromatic rings. The van der Waals surface area contributed by atoms with Gasteiger partial charge in [-0.1, -0.05) is 11.6 Å². The van der Waals surface area contributed by atoms with Crippen molar-refractivity contribution >= 4 is 67.0 Å². The van der Waals surface area contributed by atoms with E-state index in [-0.39, 0.29) is 34.1 Å². The lowest BCUT2D eigenvalue weighted by molar-refractivity contribution is 0.204. The lowest BCUT2D eigenvalue weighted by atomic mass is 9.89. The highest BCUT2D eigenvalue weighted by Crippen LogP contribution is 2.65. The second-order valence-corrected chi connectivity index (χ2v) is 12.2. The van der Waals surface area contributed by atoms with E-state index in [4.69, 9.17) is 34.8 Å². The van der Waals surface area contributed by atoms with Gasteiger partial charge in [-0.05, 0) is 50.9 Å². The molecule has 1 heterocycles. The molecule has 164 valence electrons. The summed E-state index contributed by atoms with van der Waals surface area (Å²) in [7, 11) is -0.227. The van der Waals surface area contributed by atoms with Gasteiger partial charge in [0, 0.05) is 23.7 Å². The van der Waals surface area contributed by atoms with Crippen molar-refractivity contribution in [3.05, 3.63) is 34.5 Å². The van der Waals surface area contributed by atoms with Crippen molar-refractivity contribution in [3.8, 4) is 0 Å². The molecule has 4 rings (SSSR count). The zero-order valence-corrected chi connectivity index (χ0v) is 20.0. The average Bonchev–Trinajstić information content (AvgIpc) is 2.97. The molecule has 2 aliphatic rings. The smallest absolute Gasteiger partial charge is 0.266 e. The number of hydrogen-bond donors (Lipinski definition) is 2. The van der Waals surface area contributed by atoms with Gasteiger partial charge in [-0.2, -0.15) is 0 Å². The van der Waals surface area contributed by atoms with Crippen LogP contribution >= 0.6 is 46.1 Å². The molecule has 0 aliphatic heterocycles. The summed E-state index contributed by atoms with van der Waals surface area (Å²) < 4.78 is 41.4. The second kappa shape index (κ2) is 7.94. The van der Waals surface area contributed by atoms with E-state index < -0.39 is 25.1 Å². The minimum absolute atomic E-state index is 0.0616. The van der Waals surface area contributed by atoms with Gasteiger partial charge in [0.05, 0.1) is 10.7 Å². The zero-order valence-electron chi connectivity index (χ0n) is 16.1. The number of benzene rings is 1. The molecule has 30 heavy (non-hydrogen) atoms. The highest BCUT2D eigenvalue weighted by atomic mass is 35.5. The van der Waals surface area contributed by atoms with Gasteiger partial charge in [0.1, 0.15) is 15.0 Å². The highest BCUT2D eigenvalue weighted by Gasteiger charge is 2.66. The number of fused-ring (bicyclic) bond motifs is 1. The van der Waals surface area contributed by atoms with E-state index in [1.807, 2.05) is 14.1 Å². The Morgan fingerprint density at radius 1 is 1.27 bits per heavy atom. The molecule has 2 N–H and O–H groups in total. The first-order valence-electron chi connectivity index (χ1n) is 9.23. The summed E-state index contributed by atoms with van der Waals surface area (Å²) in [5.41, 5.74) is 0.327. The van der Waals surface area contributed by atoms with Gasteiger partial charge >= 0.3 is 0 Å². The van der Waals surface area contributed by atoms with E-state index in [0.29, 0.717) is 12.1 Å². The quantitative estimate of drug-likeness (QED) is 0.550. The zero-order chi connectivity index (χ0) is 21.8. The minimum Gasteiger partial charge on any atom is -0.379 e. The number of halogens is 4. The molecule has 0 amide bonds. The van der Waals surface area contributed by atoms with E-state index in [0.717, 1.165) is 29.9 Å². The van der Waals surface area contributed by atoms with Crippen LogP contribution in [0.25, 0.3) is 0 Å². The number of nitrogens with zero attached hydrogens (tertiary/aromatic N) is 2. The molecule has 0 radical (unpaired) electrons. The summed E-state index contributed by atoms with van der Waals surface area (Å²) in [6.45, 7) is 0. The van der Waals surface area contributed by atoms with Crippen LogP contribution in [0.2, 0.25) is 5.02 Å². The number of alkyl halides is 2. The Kier molecular flexibility index (Phi) is 5.91. The van der Waals surface area contributed by atoms with Crippen molar-refractivity contribution in [2.75, 3.05) is 24.1 Å². The molecule has 0 spiro atoms. The Bertz CT molecular complexity index is 1050. The summed E-state index contributed by atoms with van der Waals surface area (Å²) >= 11 is 20.2. The molecule has 12 heteroatoms. The maximum atomic E-state index is 14.8. The fourth-order valence-electron chi connectivity index (χ4n) is 4.17. The van der Waals surface area contributed by atoms with Gasteiger partial charge in [0.25, 0.3) is 10.0 Å². The lowest BCUT2D eigenvalue weighted by Gasteiger charge is -2.36. The van der Waals surface area contributed by atoms with Gasteiger partial charge in [0.2, 0.25) is 0 Å². The fraction of sp³-hybridized carbons (Fsp3) is 0.500. The van der Waals surface area contributed by atoms with Crippen molar-refractivity contribution in [3.63, 3.8) is 0 Å². The Balaban J connectivity index is 1.57. The Morgan fingerprint density at radius 3 is 2.60 bits per heavy atom. The second-order valence-electron chi connectivity index (χ2n) is 7.85. The van der Waals surface area contributed by atoms with Crippen LogP contribution in [-0.2, 0) is 10.0 Å². The monoisotopic (exact) mass is 512 g/mol. The molecule has 2 fully saturated rings. The predicted octanol–water partition coefficient (Wildman–Crippen LogP) is 4.66. The van der Waals surface area contributed by atoms with Crippen LogP contribution in [0.3, 0.4) is 0 Å². The fourth-order valence-corrected chi connectivity index (χ4v) is 7.17. The topological polar surface area (TPSA) is 74.3 Å². The summed E-state index contributed by atoms with van der Waals surface area (Å²) in [4.78, 5) is 5.40. The molecule has 6 nitrogen and oxygen atoms in total. The third-order valence-electron chi connectivity index (χ3n) is 5.80. The molecular weight excluding hydrogens is 494 g/mol. The molecule has 4 atom stereocenters. The first kappa shape index (κ1) is 22.4.